The van der Waals surface area contributed by atoms with Gasteiger partial charge in [-0.25, -0.2) is 4.98 Å². The molecule has 0 bridgehead atoms. The van der Waals surface area contributed by atoms with E-state index in [0.29, 0.717) is 62.6 Å². The molecule has 8 nitrogen and oxygen atoms in total. The van der Waals surface area contributed by atoms with Gasteiger partial charge in [-0.15, -0.1) is 0 Å². The number of nitrogen functional groups attached to an aromatic ring is 1. The smallest absolute Gasteiger partial charge is 0.146 e. The fourth-order valence-corrected chi connectivity index (χ4v) is 3.76. The Morgan fingerprint density at radius 1 is 1.25 bits per heavy atom. The summed E-state index contributed by atoms with van der Waals surface area (Å²) in [7, 11) is 0. The number of β-amino-alcohol motifs (C(OH)–C–C–N with tert-alkyl or cyclic N) is 1. The lowest BCUT2D eigenvalue weighted by atomic mass is 10.00. The first-order valence-corrected chi connectivity index (χ1v) is 10.4. The molecule has 0 radical (unpaired) electrons. The summed E-state index contributed by atoms with van der Waals surface area (Å²) < 4.78 is 5.82. The topological polar surface area (TPSA) is 132 Å². The van der Waals surface area contributed by atoms with Crippen LogP contribution in [0.5, 0.6) is 5.75 Å². The zero-order chi connectivity index (χ0) is 22.8. The lowest BCUT2D eigenvalue weighted by Crippen LogP contribution is -2.51. The minimum absolute atomic E-state index is 0.104. The summed E-state index contributed by atoms with van der Waals surface area (Å²) >= 11 is 12.3. The molecule has 0 unspecified atom stereocenters. The average Bonchev–Trinajstić information content (AvgIpc) is 2.77. The number of benzene rings is 1. The van der Waals surface area contributed by atoms with Gasteiger partial charge in [0.25, 0.3) is 0 Å². The second kappa shape index (κ2) is 9.01. The van der Waals surface area contributed by atoms with E-state index < -0.39 is 6.10 Å². The number of aromatic nitrogens is 2. The van der Waals surface area contributed by atoms with Crippen molar-refractivity contribution >= 4 is 40.4 Å². The summed E-state index contributed by atoms with van der Waals surface area (Å²) in [4.78, 5) is 10.1. The van der Waals surface area contributed by atoms with Crippen LogP contribution in [0.15, 0.2) is 42.9 Å². The number of nitrogens with zero attached hydrogens (tertiary/aromatic N) is 4. The van der Waals surface area contributed by atoms with Crippen LogP contribution in [-0.4, -0.2) is 40.0 Å². The molecule has 0 saturated carbocycles. The van der Waals surface area contributed by atoms with Gasteiger partial charge in [0, 0.05) is 54.1 Å². The molecule has 162 valence electrons. The van der Waals surface area contributed by atoms with E-state index in [-0.39, 0.29) is 12.3 Å². The SMILES string of the molecule is N#Cc1cc(C(=N)c2cc(OCc3c(Cl)cncc3Cl)ccc2N)cnc1N1CC(O)C1. The van der Waals surface area contributed by atoms with Gasteiger partial charge in [0.1, 0.15) is 24.2 Å². The Bertz CT molecular complexity index is 1220. The highest BCUT2D eigenvalue weighted by atomic mass is 35.5. The van der Waals surface area contributed by atoms with E-state index in [9.17, 15) is 10.4 Å². The van der Waals surface area contributed by atoms with Crippen molar-refractivity contribution in [1.82, 2.24) is 9.97 Å². The number of hydrogen-bond acceptors (Lipinski definition) is 8. The van der Waals surface area contributed by atoms with E-state index in [1.165, 1.54) is 18.6 Å². The largest absolute Gasteiger partial charge is 0.489 e. The Hall–Kier alpha value is -3.38. The van der Waals surface area contributed by atoms with Gasteiger partial charge in [-0.1, -0.05) is 23.2 Å². The number of hydrogen-bond donors (Lipinski definition) is 3. The fourth-order valence-electron chi connectivity index (χ4n) is 3.29. The number of ether oxygens (including phenoxy) is 1. The van der Waals surface area contributed by atoms with Crippen molar-refractivity contribution in [2.45, 2.75) is 12.7 Å². The van der Waals surface area contributed by atoms with E-state index in [1.807, 2.05) is 4.90 Å². The van der Waals surface area contributed by atoms with Gasteiger partial charge in [-0.05, 0) is 24.3 Å². The highest BCUT2D eigenvalue weighted by Gasteiger charge is 2.28. The summed E-state index contributed by atoms with van der Waals surface area (Å²) in [6.45, 7) is 0.972. The number of anilines is 2. The fraction of sp³-hybridized carbons (Fsp3) is 0.182. The molecule has 4 N–H and O–H groups in total. The molecule has 0 spiro atoms. The summed E-state index contributed by atoms with van der Waals surface area (Å²) in [5.41, 5.74) is 8.40. The third-order valence-corrected chi connectivity index (χ3v) is 5.72. The van der Waals surface area contributed by atoms with Gasteiger partial charge in [-0.3, -0.25) is 10.4 Å². The highest BCUT2D eigenvalue weighted by Crippen LogP contribution is 2.28. The standard InChI is InChI=1S/C22H18Cl2N6O2/c23-18-7-28-8-19(24)17(18)11-32-15-1-2-20(26)16(4-15)21(27)13-3-12(5-25)22(29-6-13)30-9-14(31)10-30/h1-4,6-8,14,27,31H,9-11,26H2. The Morgan fingerprint density at radius 3 is 2.62 bits per heavy atom. The van der Waals surface area contributed by atoms with Gasteiger partial charge in [-0.2, -0.15) is 5.26 Å². The maximum atomic E-state index is 9.53. The molecule has 3 aromatic rings. The van der Waals surface area contributed by atoms with Gasteiger partial charge in [0.2, 0.25) is 0 Å². The van der Waals surface area contributed by atoms with Crippen molar-refractivity contribution in [1.29, 1.82) is 10.7 Å². The molecule has 1 saturated heterocycles. The molecule has 1 aliphatic heterocycles. The van der Waals surface area contributed by atoms with E-state index in [0.717, 1.165) is 0 Å². The second-order valence-corrected chi connectivity index (χ2v) is 8.07. The van der Waals surface area contributed by atoms with Gasteiger partial charge >= 0.3 is 0 Å². The third kappa shape index (κ3) is 4.32. The van der Waals surface area contributed by atoms with Crippen molar-refractivity contribution in [2.24, 2.45) is 0 Å². The molecule has 0 amide bonds. The number of halogens is 2. The maximum absolute atomic E-state index is 9.53. The monoisotopic (exact) mass is 468 g/mol. The average molecular weight is 469 g/mol. The van der Waals surface area contributed by atoms with Crippen LogP contribution in [0.25, 0.3) is 0 Å². The van der Waals surface area contributed by atoms with Crippen molar-refractivity contribution < 1.29 is 9.84 Å². The number of aliphatic hydroxyl groups excluding tert-OH is 1. The molecule has 10 heteroatoms. The quantitative estimate of drug-likeness (QED) is 0.372. The van der Waals surface area contributed by atoms with Crippen LogP contribution < -0.4 is 15.4 Å². The molecule has 3 heterocycles. The minimum atomic E-state index is -0.416. The number of nitrogens with two attached hydrogens (primary N) is 1. The van der Waals surface area contributed by atoms with Crippen LogP contribution in [0, 0.1) is 16.7 Å². The summed E-state index contributed by atoms with van der Waals surface area (Å²) in [6, 6.07) is 8.68. The lowest BCUT2D eigenvalue weighted by molar-refractivity contribution is 0.141. The highest BCUT2D eigenvalue weighted by molar-refractivity contribution is 6.35. The van der Waals surface area contributed by atoms with E-state index in [4.69, 9.17) is 39.1 Å². The molecule has 0 aliphatic carbocycles. The first-order valence-electron chi connectivity index (χ1n) is 9.60. The Labute approximate surface area is 194 Å². The number of pyridine rings is 2. The van der Waals surface area contributed by atoms with Crippen LogP contribution in [0.4, 0.5) is 11.5 Å². The van der Waals surface area contributed by atoms with E-state index in [1.54, 1.807) is 24.3 Å². The van der Waals surface area contributed by atoms with Gasteiger partial charge < -0.3 is 20.5 Å². The number of aliphatic hydroxyl groups is 1. The van der Waals surface area contributed by atoms with Crippen molar-refractivity contribution in [3.63, 3.8) is 0 Å². The zero-order valence-corrected chi connectivity index (χ0v) is 18.2. The second-order valence-electron chi connectivity index (χ2n) is 7.26. The van der Waals surface area contributed by atoms with Crippen LogP contribution in [0.3, 0.4) is 0 Å². The van der Waals surface area contributed by atoms with Crippen molar-refractivity contribution in [2.75, 3.05) is 23.7 Å². The molecule has 1 aromatic carbocycles. The summed E-state index contributed by atoms with van der Waals surface area (Å²) in [5, 5.41) is 28.5. The first-order chi connectivity index (χ1) is 15.4. The number of nitrogens with one attached hydrogen (secondary N) is 1. The summed E-state index contributed by atoms with van der Waals surface area (Å²) in [6.07, 6.45) is 4.08. The Balaban J connectivity index is 1.57. The molecular weight excluding hydrogens is 451 g/mol. The molecular formula is C22H18Cl2N6O2. The van der Waals surface area contributed by atoms with Crippen molar-refractivity contribution in [3.8, 4) is 11.8 Å². The van der Waals surface area contributed by atoms with Crippen LogP contribution in [-0.2, 0) is 6.61 Å². The number of nitriles is 1. The maximum Gasteiger partial charge on any atom is 0.146 e. The van der Waals surface area contributed by atoms with Gasteiger partial charge in [0.15, 0.2) is 0 Å². The Kier molecular flexibility index (Phi) is 6.15. The van der Waals surface area contributed by atoms with Crippen molar-refractivity contribution in [3.05, 3.63) is 75.2 Å². The molecule has 1 fully saturated rings. The molecule has 32 heavy (non-hydrogen) atoms. The number of rotatable bonds is 6. The van der Waals surface area contributed by atoms with Gasteiger partial charge in [0.05, 0.1) is 27.4 Å². The first kappa shape index (κ1) is 21.8. The molecule has 1 aliphatic rings. The third-order valence-electron chi connectivity index (χ3n) is 5.07. The zero-order valence-electron chi connectivity index (χ0n) is 16.7. The van der Waals surface area contributed by atoms with Crippen LogP contribution in [0.1, 0.15) is 22.3 Å². The molecule has 0 atom stereocenters. The Morgan fingerprint density at radius 2 is 1.97 bits per heavy atom. The molecule has 2 aromatic heterocycles. The van der Waals surface area contributed by atoms with Crippen LogP contribution >= 0.6 is 23.2 Å². The predicted molar refractivity (Wildman–Crippen MR) is 123 cm³/mol. The van der Waals surface area contributed by atoms with Crippen LogP contribution in [0.2, 0.25) is 10.0 Å². The predicted octanol–water partition coefficient (Wildman–Crippen LogP) is 3.41. The van der Waals surface area contributed by atoms with E-state index >= 15 is 0 Å². The minimum Gasteiger partial charge on any atom is -0.489 e. The normalized spacial score (nSPS) is 13.4. The molecule has 4 rings (SSSR count). The lowest BCUT2D eigenvalue weighted by Gasteiger charge is -2.37. The van der Waals surface area contributed by atoms with E-state index in [2.05, 4.69) is 16.0 Å². The summed E-state index contributed by atoms with van der Waals surface area (Å²) in [5.74, 6) is 0.966.